The molecule has 92 valence electrons. The van der Waals surface area contributed by atoms with Crippen LogP contribution in [0.5, 0.6) is 0 Å². The van der Waals surface area contributed by atoms with Gasteiger partial charge in [-0.1, -0.05) is 0 Å². The van der Waals surface area contributed by atoms with Gasteiger partial charge in [-0.05, 0) is 24.3 Å². The smallest absolute Gasteiger partial charge is 0.404 e. The summed E-state index contributed by atoms with van der Waals surface area (Å²) in [5.41, 5.74) is 8.41. The maximum Gasteiger partial charge on any atom is 0.404 e. The van der Waals surface area contributed by atoms with Crippen LogP contribution in [0.15, 0.2) is 24.3 Å². The Labute approximate surface area is 98.1 Å². The van der Waals surface area contributed by atoms with Gasteiger partial charge in [0.25, 0.3) is 5.91 Å². The second-order valence-corrected chi connectivity index (χ2v) is 3.15. The molecule has 1 rings (SSSR count). The average Bonchev–Trinajstić information content (AvgIpc) is 2.34. The molecule has 0 aliphatic carbocycles. The van der Waals surface area contributed by atoms with Gasteiger partial charge in [0, 0.05) is 11.3 Å². The first-order chi connectivity index (χ1) is 8.13. The topological polar surface area (TPSA) is 119 Å². The Kier molecular flexibility index (Phi) is 4.77. The summed E-state index contributed by atoms with van der Waals surface area (Å²) in [5.74, 6) is 4.93. The van der Waals surface area contributed by atoms with E-state index in [1.54, 1.807) is 24.3 Å². The largest absolute Gasteiger partial charge is 0.448 e. The number of nitrogens with two attached hydrogens (primary N) is 2. The van der Waals surface area contributed by atoms with Gasteiger partial charge in [0.15, 0.2) is 0 Å². The third-order valence-electron chi connectivity index (χ3n) is 1.95. The highest BCUT2D eigenvalue weighted by Crippen LogP contribution is 2.07. The lowest BCUT2D eigenvalue weighted by atomic mass is 10.2. The number of nitrogen functional groups attached to an aromatic ring is 1. The fourth-order valence-electron chi connectivity index (χ4n) is 1.14. The van der Waals surface area contributed by atoms with Crippen LogP contribution in [0, 0.1) is 0 Å². The van der Waals surface area contributed by atoms with E-state index in [0.717, 1.165) is 0 Å². The van der Waals surface area contributed by atoms with Gasteiger partial charge >= 0.3 is 6.09 Å². The normalized spacial score (nSPS) is 9.47. The van der Waals surface area contributed by atoms with Crippen molar-refractivity contribution < 1.29 is 14.3 Å². The van der Waals surface area contributed by atoms with Crippen LogP contribution in [-0.2, 0) is 4.74 Å². The molecule has 0 radical (unpaired) electrons. The molecular formula is C10H14N4O3. The Morgan fingerprint density at radius 1 is 1.24 bits per heavy atom. The van der Waals surface area contributed by atoms with E-state index in [9.17, 15) is 9.59 Å². The second-order valence-electron chi connectivity index (χ2n) is 3.15. The molecule has 17 heavy (non-hydrogen) atoms. The molecule has 0 aliphatic heterocycles. The molecule has 2 amide bonds. The molecule has 0 atom stereocenters. The lowest BCUT2D eigenvalue weighted by Crippen LogP contribution is -2.29. The summed E-state index contributed by atoms with van der Waals surface area (Å²) in [6.45, 7) is 0.252. The number of nitrogens with one attached hydrogen (secondary N) is 2. The van der Waals surface area contributed by atoms with Crippen LogP contribution >= 0.6 is 0 Å². The monoisotopic (exact) mass is 238 g/mol. The zero-order chi connectivity index (χ0) is 12.7. The minimum Gasteiger partial charge on any atom is -0.448 e. The zero-order valence-corrected chi connectivity index (χ0v) is 9.10. The Hall–Kier alpha value is -2.28. The van der Waals surface area contributed by atoms with E-state index in [0.29, 0.717) is 11.3 Å². The van der Waals surface area contributed by atoms with Crippen LogP contribution < -0.4 is 22.3 Å². The standard InChI is InChI=1S/C10H14N4O3/c11-10(16)17-6-5-13-9(15)7-1-3-8(14-12)4-2-7/h1-4,14H,5-6,12H2,(H2,11,16)(H,13,15). The highest BCUT2D eigenvalue weighted by molar-refractivity contribution is 5.94. The Bertz CT molecular complexity index is 391. The van der Waals surface area contributed by atoms with Gasteiger partial charge in [-0.25, -0.2) is 4.79 Å². The van der Waals surface area contributed by atoms with E-state index in [-0.39, 0.29) is 19.1 Å². The zero-order valence-electron chi connectivity index (χ0n) is 9.10. The number of hydrogen-bond donors (Lipinski definition) is 4. The number of carbonyl (C=O) groups excluding carboxylic acids is 2. The molecule has 7 nitrogen and oxygen atoms in total. The van der Waals surface area contributed by atoms with Crippen molar-refractivity contribution in [3.05, 3.63) is 29.8 Å². The quantitative estimate of drug-likeness (QED) is 0.321. The van der Waals surface area contributed by atoms with E-state index in [2.05, 4.69) is 15.5 Å². The summed E-state index contributed by atoms with van der Waals surface area (Å²) in [7, 11) is 0. The maximum atomic E-state index is 11.6. The number of amides is 2. The third-order valence-corrected chi connectivity index (χ3v) is 1.95. The fourth-order valence-corrected chi connectivity index (χ4v) is 1.14. The number of hydrazine groups is 1. The van der Waals surface area contributed by atoms with Crippen LogP contribution in [0.1, 0.15) is 10.4 Å². The SMILES string of the molecule is NNc1ccc(C(=O)NCCOC(N)=O)cc1. The molecule has 0 spiro atoms. The lowest BCUT2D eigenvalue weighted by molar-refractivity contribution is 0.0937. The van der Waals surface area contributed by atoms with Gasteiger partial charge in [0.05, 0.1) is 6.54 Å². The van der Waals surface area contributed by atoms with Gasteiger partial charge in [-0.2, -0.15) is 0 Å². The van der Waals surface area contributed by atoms with Crippen LogP contribution in [0.4, 0.5) is 10.5 Å². The van der Waals surface area contributed by atoms with E-state index in [1.165, 1.54) is 0 Å². The number of carbonyl (C=O) groups is 2. The summed E-state index contributed by atoms with van der Waals surface area (Å²) in [6, 6.07) is 6.60. The van der Waals surface area contributed by atoms with Crippen LogP contribution in [0.3, 0.4) is 0 Å². The number of rotatable bonds is 5. The molecule has 0 bridgehead atoms. The maximum absolute atomic E-state index is 11.6. The molecule has 0 aromatic heterocycles. The predicted molar refractivity (Wildman–Crippen MR) is 62.1 cm³/mol. The molecule has 1 aromatic rings. The summed E-state index contributed by atoms with van der Waals surface area (Å²) in [6.07, 6.45) is -0.863. The van der Waals surface area contributed by atoms with Crippen LogP contribution in [0.25, 0.3) is 0 Å². The number of benzene rings is 1. The minimum atomic E-state index is -0.863. The number of ether oxygens (including phenoxy) is 1. The molecule has 6 N–H and O–H groups in total. The first-order valence-electron chi connectivity index (χ1n) is 4.90. The highest BCUT2D eigenvalue weighted by atomic mass is 16.5. The van der Waals surface area contributed by atoms with Gasteiger partial charge in [-0.15, -0.1) is 0 Å². The predicted octanol–water partition coefficient (Wildman–Crippen LogP) is -0.203. The minimum absolute atomic E-state index is 0.0452. The first kappa shape index (κ1) is 12.8. The fraction of sp³-hybridized carbons (Fsp3) is 0.200. The molecule has 0 heterocycles. The van der Waals surface area contributed by atoms with Crippen molar-refractivity contribution >= 4 is 17.7 Å². The van der Waals surface area contributed by atoms with Crippen molar-refractivity contribution in [2.45, 2.75) is 0 Å². The van der Waals surface area contributed by atoms with Gasteiger partial charge in [0.1, 0.15) is 6.61 Å². The van der Waals surface area contributed by atoms with Crippen molar-refractivity contribution in [1.82, 2.24) is 5.32 Å². The van der Waals surface area contributed by atoms with Crippen molar-refractivity contribution in [2.75, 3.05) is 18.6 Å². The summed E-state index contributed by atoms with van der Waals surface area (Å²) >= 11 is 0. The number of primary amides is 1. The highest BCUT2D eigenvalue weighted by Gasteiger charge is 2.04. The molecular weight excluding hydrogens is 224 g/mol. The van der Waals surface area contributed by atoms with Gasteiger partial charge in [-0.3, -0.25) is 10.6 Å². The second kappa shape index (κ2) is 6.33. The first-order valence-corrected chi connectivity index (χ1v) is 4.90. The average molecular weight is 238 g/mol. The van der Waals surface area contributed by atoms with Gasteiger partial charge < -0.3 is 21.2 Å². The molecule has 0 unspecified atom stereocenters. The Balaban J connectivity index is 2.38. The van der Waals surface area contributed by atoms with E-state index in [4.69, 9.17) is 11.6 Å². The van der Waals surface area contributed by atoms with Gasteiger partial charge in [0.2, 0.25) is 0 Å². The molecule has 0 fully saturated rings. The van der Waals surface area contributed by atoms with Crippen molar-refractivity contribution in [3.8, 4) is 0 Å². The summed E-state index contributed by atoms with van der Waals surface area (Å²) < 4.78 is 4.46. The summed E-state index contributed by atoms with van der Waals surface area (Å²) in [5, 5.41) is 2.57. The van der Waals surface area contributed by atoms with Crippen LogP contribution in [0.2, 0.25) is 0 Å². The Morgan fingerprint density at radius 3 is 2.41 bits per heavy atom. The lowest BCUT2D eigenvalue weighted by Gasteiger charge is -2.06. The van der Waals surface area contributed by atoms with Crippen molar-refractivity contribution in [1.29, 1.82) is 0 Å². The molecule has 7 heteroatoms. The summed E-state index contributed by atoms with van der Waals surface area (Å²) in [4.78, 5) is 21.8. The van der Waals surface area contributed by atoms with E-state index >= 15 is 0 Å². The van der Waals surface area contributed by atoms with E-state index in [1.807, 2.05) is 0 Å². The molecule has 0 saturated carbocycles. The van der Waals surface area contributed by atoms with Crippen LogP contribution in [-0.4, -0.2) is 25.2 Å². The number of anilines is 1. The van der Waals surface area contributed by atoms with Crippen molar-refractivity contribution in [3.63, 3.8) is 0 Å². The Morgan fingerprint density at radius 2 is 1.88 bits per heavy atom. The van der Waals surface area contributed by atoms with E-state index < -0.39 is 6.09 Å². The molecule has 1 aromatic carbocycles. The van der Waals surface area contributed by atoms with Crippen molar-refractivity contribution in [2.24, 2.45) is 11.6 Å². The molecule has 0 aliphatic rings. The molecule has 0 saturated heterocycles. The third kappa shape index (κ3) is 4.39. The number of hydrogen-bond acceptors (Lipinski definition) is 5.